The van der Waals surface area contributed by atoms with Gasteiger partial charge in [0.1, 0.15) is 11.6 Å². The fraction of sp³-hybridized carbons (Fsp3) is 0.320. The first kappa shape index (κ1) is 20.9. The van der Waals surface area contributed by atoms with Gasteiger partial charge in [-0.2, -0.15) is 0 Å². The molecule has 3 heterocycles. The van der Waals surface area contributed by atoms with Crippen LogP contribution in [0.1, 0.15) is 36.0 Å². The van der Waals surface area contributed by atoms with Gasteiger partial charge in [0.2, 0.25) is 0 Å². The van der Waals surface area contributed by atoms with E-state index in [9.17, 15) is 9.18 Å². The van der Waals surface area contributed by atoms with Gasteiger partial charge in [-0.1, -0.05) is 11.6 Å². The second-order valence-corrected chi connectivity index (χ2v) is 8.81. The highest BCUT2D eigenvalue weighted by atomic mass is 35.5. The van der Waals surface area contributed by atoms with E-state index in [0.717, 1.165) is 25.7 Å². The van der Waals surface area contributed by atoms with Crippen molar-refractivity contribution in [2.24, 2.45) is 5.92 Å². The van der Waals surface area contributed by atoms with Crippen LogP contribution in [0.2, 0.25) is 5.02 Å². The summed E-state index contributed by atoms with van der Waals surface area (Å²) in [7, 11) is 0. The van der Waals surface area contributed by atoms with Crippen molar-refractivity contribution in [2.75, 3.05) is 6.61 Å². The number of carbonyl (C=O) groups excluding carboxylic acids is 1. The SMILES string of the molecule is O=C(c1cc(Cl)ccc1-c1ncccn1)N1C2CCC1[C@@H](COc1ccc(F)cc1)CC2. The lowest BCUT2D eigenvalue weighted by Gasteiger charge is -2.40. The Hall–Kier alpha value is -2.99. The van der Waals surface area contributed by atoms with Crippen LogP contribution < -0.4 is 4.74 Å². The van der Waals surface area contributed by atoms with Crippen molar-refractivity contribution in [2.45, 2.75) is 37.8 Å². The third-order valence-corrected chi connectivity index (χ3v) is 6.73. The highest BCUT2D eigenvalue weighted by Crippen LogP contribution is 2.41. The van der Waals surface area contributed by atoms with Crippen molar-refractivity contribution in [1.29, 1.82) is 0 Å². The highest BCUT2D eigenvalue weighted by molar-refractivity contribution is 6.31. The van der Waals surface area contributed by atoms with Crippen LogP contribution in [0.3, 0.4) is 0 Å². The molecule has 1 amide bonds. The number of ether oxygens (including phenoxy) is 1. The molecule has 0 radical (unpaired) electrons. The van der Waals surface area contributed by atoms with Gasteiger partial charge in [0.15, 0.2) is 5.82 Å². The minimum Gasteiger partial charge on any atom is -0.493 e. The Morgan fingerprint density at radius 3 is 2.59 bits per heavy atom. The average Bonchev–Trinajstić information content (AvgIpc) is 3.13. The minimum atomic E-state index is -0.287. The molecular formula is C25H23ClFN3O2. The van der Waals surface area contributed by atoms with Gasteiger partial charge in [0, 0.05) is 41.0 Å². The molecule has 0 saturated carbocycles. The lowest BCUT2D eigenvalue weighted by Crippen LogP contribution is -2.49. The van der Waals surface area contributed by atoms with Crippen LogP contribution in [0.4, 0.5) is 4.39 Å². The summed E-state index contributed by atoms with van der Waals surface area (Å²) in [5.41, 5.74) is 1.21. The summed E-state index contributed by atoms with van der Waals surface area (Å²) in [6, 6.07) is 13.4. The zero-order chi connectivity index (χ0) is 22.1. The number of halogens is 2. The van der Waals surface area contributed by atoms with Crippen LogP contribution in [0.5, 0.6) is 5.75 Å². The number of aromatic nitrogens is 2. The molecule has 164 valence electrons. The summed E-state index contributed by atoms with van der Waals surface area (Å²) in [5.74, 6) is 1.05. The van der Waals surface area contributed by atoms with E-state index in [-0.39, 0.29) is 29.7 Å². The predicted octanol–water partition coefficient (Wildman–Crippen LogP) is 5.40. The van der Waals surface area contributed by atoms with E-state index in [1.54, 1.807) is 42.7 Å². The molecule has 5 nitrogen and oxygen atoms in total. The lowest BCUT2D eigenvalue weighted by molar-refractivity contribution is 0.0407. The van der Waals surface area contributed by atoms with Crippen molar-refractivity contribution in [3.8, 4) is 17.1 Å². The number of benzene rings is 2. The zero-order valence-electron chi connectivity index (χ0n) is 17.5. The summed E-state index contributed by atoms with van der Waals surface area (Å²) in [5, 5.41) is 0.508. The lowest BCUT2D eigenvalue weighted by atomic mass is 9.90. The van der Waals surface area contributed by atoms with Gasteiger partial charge >= 0.3 is 0 Å². The van der Waals surface area contributed by atoms with Crippen molar-refractivity contribution < 1.29 is 13.9 Å². The van der Waals surface area contributed by atoms with Crippen LogP contribution >= 0.6 is 11.6 Å². The number of rotatable bonds is 5. The predicted molar refractivity (Wildman–Crippen MR) is 120 cm³/mol. The van der Waals surface area contributed by atoms with Gasteiger partial charge in [0.05, 0.1) is 12.2 Å². The third-order valence-electron chi connectivity index (χ3n) is 6.49. The summed E-state index contributed by atoms with van der Waals surface area (Å²) in [6.07, 6.45) is 7.21. The number of hydrogen-bond donors (Lipinski definition) is 0. The van der Waals surface area contributed by atoms with Crippen LogP contribution in [-0.2, 0) is 0 Å². The van der Waals surface area contributed by atoms with Crippen molar-refractivity contribution in [3.63, 3.8) is 0 Å². The first-order chi connectivity index (χ1) is 15.6. The molecule has 2 fully saturated rings. The molecule has 7 heteroatoms. The molecule has 3 aromatic rings. The Kier molecular flexibility index (Phi) is 5.79. The number of fused-ring (bicyclic) bond motifs is 2. The summed E-state index contributed by atoms with van der Waals surface area (Å²) >= 11 is 6.27. The molecule has 2 bridgehead atoms. The molecule has 1 aromatic heterocycles. The molecule has 2 unspecified atom stereocenters. The van der Waals surface area contributed by atoms with Gasteiger partial charge in [-0.05, 0) is 74.2 Å². The summed E-state index contributed by atoms with van der Waals surface area (Å²) in [4.78, 5) is 24.5. The minimum absolute atomic E-state index is 0.0334. The molecule has 2 aliphatic heterocycles. The number of hydrogen-bond acceptors (Lipinski definition) is 4. The fourth-order valence-corrected chi connectivity index (χ4v) is 5.14. The Morgan fingerprint density at radius 2 is 1.81 bits per heavy atom. The smallest absolute Gasteiger partial charge is 0.255 e. The van der Waals surface area contributed by atoms with E-state index in [2.05, 4.69) is 9.97 Å². The van der Waals surface area contributed by atoms with Crippen LogP contribution in [0.15, 0.2) is 60.9 Å². The number of piperidine rings is 1. The van der Waals surface area contributed by atoms with Crippen LogP contribution in [0.25, 0.3) is 11.4 Å². The highest BCUT2D eigenvalue weighted by Gasteiger charge is 2.45. The second kappa shape index (κ2) is 8.87. The number of amides is 1. The maximum atomic E-state index is 13.8. The summed E-state index contributed by atoms with van der Waals surface area (Å²) < 4.78 is 19.1. The van der Waals surface area contributed by atoms with Crippen molar-refractivity contribution in [3.05, 3.63) is 77.3 Å². The normalized spacial score (nSPS) is 22.1. The maximum Gasteiger partial charge on any atom is 0.255 e. The number of nitrogens with zero attached hydrogens (tertiary/aromatic N) is 3. The van der Waals surface area contributed by atoms with Crippen molar-refractivity contribution >= 4 is 17.5 Å². The summed E-state index contributed by atoms with van der Waals surface area (Å²) in [6.45, 7) is 0.497. The largest absolute Gasteiger partial charge is 0.493 e. The monoisotopic (exact) mass is 451 g/mol. The number of carbonyl (C=O) groups is 1. The Bertz CT molecular complexity index is 1110. The van der Waals surface area contributed by atoms with Gasteiger partial charge in [-0.3, -0.25) is 4.79 Å². The van der Waals surface area contributed by atoms with E-state index >= 15 is 0 Å². The van der Waals surface area contributed by atoms with Gasteiger partial charge < -0.3 is 9.64 Å². The molecule has 3 atom stereocenters. The van der Waals surface area contributed by atoms with E-state index in [4.69, 9.17) is 16.3 Å². The molecule has 0 aliphatic carbocycles. The average molecular weight is 452 g/mol. The molecular weight excluding hydrogens is 429 g/mol. The maximum absolute atomic E-state index is 13.8. The Labute approximate surface area is 191 Å². The third kappa shape index (κ3) is 4.07. The first-order valence-electron chi connectivity index (χ1n) is 10.9. The fourth-order valence-electron chi connectivity index (χ4n) is 4.97. The molecule has 5 rings (SSSR count). The van der Waals surface area contributed by atoms with Crippen molar-refractivity contribution in [1.82, 2.24) is 14.9 Å². The topological polar surface area (TPSA) is 55.3 Å². The van der Waals surface area contributed by atoms with Gasteiger partial charge in [-0.15, -0.1) is 0 Å². The molecule has 2 aromatic carbocycles. The Balaban J connectivity index is 1.39. The van der Waals surface area contributed by atoms with E-state index < -0.39 is 0 Å². The first-order valence-corrected chi connectivity index (χ1v) is 11.3. The molecule has 32 heavy (non-hydrogen) atoms. The standard InChI is InChI=1S/C25H23ClFN3O2/c26-17-3-10-21(24-28-12-1-13-29-24)22(14-17)25(31)30-19-6-2-16(23(30)11-7-19)15-32-20-8-4-18(27)5-9-20/h1,3-5,8-10,12-14,16,19,23H,2,6-7,11,15H2/t16-,19?,23?/m1/s1. The molecule has 0 N–H and O–H groups in total. The van der Waals surface area contributed by atoms with E-state index in [0.29, 0.717) is 34.3 Å². The van der Waals surface area contributed by atoms with Crippen LogP contribution in [0, 0.1) is 11.7 Å². The van der Waals surface area contributed by atoms with Gasteiger partial charge in [0.25, 0.3) is 5.91 Å². The molecule has 0 spiro atoms. The quantitative estimate of drug-likeness (QED) is 0.521. The van der Waals surface area contributed by atoms with E-state index in [1.165, 1.54) is 12.1 Å². The molecule has 2 saturated heterocycles. The van der Waals surface area contributed by atoms with Crippen LogP contribution in [-0.4, -0.2) is 39.5 Å². The van der Waals surface area contributed by atoms with E-state index in [1.807, 2.05) is 11.0 Å². The zero-order valence-corrected chi connectivity index (χ0v) is 18.2. The molecule has 2 aliphatic rings. The Morgan fingerprint density at radius 1 is 1.06 bits per heavy atom. The second-order valence-electron chi connectivity index (χ2n) is 8.38. The van der Waals surface area contributed by atoms with Gasteiger partial charge in [-0.25, -0.2) is 14.4 Å².